The molecule has 0 aliphatic carbocycles. The molecule has 0 spiro atoms. The van der Waals surface area contributed by atoms with Crippen molar-refractivity contribution in [1.82, 2.24) is 0 Å². The number of aryl methyl sites for hydroxylation is 1. The highest BCUT2D eigenvalue weighted by Crippen LogP contribution is 2.41. The minimum absolute atomic E-state index is 0.0634. The summed E-state index contributed by atoms with van der Waals surface area (Å²) in [4.78, 5) is 12.8. The van der Waals surface area contributed by atoms with E-state index in [9.17, 15) is 4.79 Å². The van der Waals surface area contributed by atoms with Gasteiger partial charge >= 0.3 is 5.97 Å². The normalized spacial score (nSPS) is 18.7. The molecular weight excluding hydrogens is 331 g/mol. The van der Waals surface area contributed by atoms with Gasteiger partial charge < -0.3 is 19.7 Å². The second kappa shape index (κ2) is 7.13. The van der Waals surface area contributed by atoms with Crippen LogP contribution in [0.5, 0.6) is 5.75 Å². The molecule has 0 bridgehead atoms. The highest BCUT2D eigenvalue weighted by atomic mass is 16.5. The third-order valence-corrected chi connectivity index (χ3v) is 4.54. The van der Waals surface area contributed by atoms with Crippen molar-refractivity contribution < 1.29 is 24.5 Å². The van der Waals surface area contributed by atoms with Crippen molar-refractivity contribution >= 4 is 30.7 Å². The van der Waals surface area contributed by atoms with E-state index in [1.165, 1.54) is 0 Å². The maximum Gasteiger partial charge on any atom is 0.339 e. The predicted octanol–water partition coefficient (Wildman–Crippen LogP) is 2.20. The van der Waals surface area contributed by atoms with Gasteiger partial charge in [-0.1, -0.05) is 36.4 Å². The van der Waals surface area contributed by atoms with Gasteiger partial charge in [-0.2, -0.15) is 0 Å². The molecule has 0 fully saturated rings. The molecular formula is C20H21BO5. The summed E-state index contributed by atoms with van der Waals surface area (Å²) in [5.41, 5.74) is 0.840. The Morgan fingerprint density at radius 2 is 1.92 bits per heavy atom. The smallest absolute Gasteiger partial charge is 0.339 e. The average Bonchev–Trinajstić information content (AvgIpc) is 2.63. The van der Waals surface area contributed by atoms with Crippen LogP contribution in [-0.2, 0) is 4.74 Å². The standard InChI is InChI=1S/C20H21BO5/c1-12-14-5-3-4-6-15(14)18-16(7-8-20(2,21)26-18)17(12)19(24)25-11-13(9-22)10-23/h3-8,13,22-23H,9-11H2,1-2H3. The molecule has 134 valence electrons. The predicted molar refractivity (Wildman–Crippen MR) is 100 cm³/mol. The average molecular weight is 352 g/mol. The van der Waals surface area contributed by atoms with Crippen LogP contribution in [0.15, 0.2) is 30.3 Å². The number of hydrogen-bond donors (Lipinski definition) is 2. The topological polar surface area (TPSA) is 76.0 Å². The van der Waals surface area contributed by atoms with E-state index in [4.69, 9.17) is 27.5 Å². The first kappa shape index (κ1) is 18.5. The van der Waals surface area contributed by atoms with E-state index in [2.05, 4.69) is 0 Å². The fourth-order valence-corrected chi connectivity index (χ4v) is 3.07. The van der Waals surface area contributed by atoms with Crippen LogP contribution in [0.2, 0.25) is 0 Å². The second-order valence-electron chi connectivity index (χ2n) is 6.74. The maximum atomic E-state index is 12.8. The van der Waals surface area contributed by atoms with Gasteiger partial charge in [-0.3, -0.25) is 0 Å². The number of rotatable bonds is 5. The Balaban J connectivity index is 2.11. The zero-order chi connectivity index (χ0) is 18.9. The number of hydrogen-bond acceptors (Lipinski definition) is 5. The Bertz CT molecular complexity index is 868. The van der Waals surface area contributed by atoms with E-state index in [0.29, 0.717) is 16.9 Å². The molecule has 2 N–H and O–H groups in total. The van der Waals surface area contributed by atoms with Gasteiger partial charge in [0, 0.05) is 16.9 Å². The zero-order valence-electron chi connectivity index (χ0n) is 14.9. The lowest BCUT2D eigenvalue weighted by molar-refractivity contribution is 0.0303. The summed E-state index contributed by atoms with van der Waals surface area (Å²) in [5.74, 6) is -0.480. The summed E-state index contributed by atoms with van der Waals surface area (Å²) in [6.45, 7) is 3.03. The SMILES string of the molecule is [B]C1(C)C=Cc2c(C(=O)OCC(CO)CO)c(C)c3ccccc3c2O1. The Morgan fingerprint density at radius 3 is 2.58 bits per heavy atom. The summed E-state index contributed by atoms with van der Waals surface area (Å²) in [6.07, 6.45) is 3.48. The zero-order valence-corrected chi connectivity index (χ0v) is 14.9. The maximum absolute atomic E-state index is 12.8. The molecule has 1 aliphatic rings. The number of fused-ring (bicyclic) bond motifs is 3. The number of benzene rings is 2. The largest absolute Gasteiger partial charge is 0.492 e. The first-order valence-corrected chi connectivity index (χ1v) is 8.49. The van der Waals surface area contributed by atoms with Crippen molar-refractivity contribution in [1.29, 1.82) is 0 Å². The van der Waals surface area contributed by atoms with Crippen molar-refractivity contribution in [3.8, 4) is 5.75 Å². The van der Waals surface area contributed by atoms with Gasteiger partial charge in [-0.15, -0.1) is 0 Å². The van der Waals surface area contributed by atoms with E-state index in [-0.39, 0.29) is 19.8 Å². The highest BCUT2D eigenvalue weighted by Gasteiger charge is 2.29. The Morgan fingerprint density at radius 1 is 1.27 bits per heavy atom. The molecule has 0 saturated carbocycles. The number of aliphatic hydroxyl groups is 2. The lowest BCUT2D eigenvalue weighted by Gasteiger charge is -2.31. The van der Waals surface area contributed by atoms with Gasteiger partial charge in [0.2, 0.25) is 0 Å². The lowest BCUT2D eigenvalue weighted by Crippen LogP contribution is -2.33. The molecule has 1 aliphatic heterocycles. The first-order chi connectivity index (χ1) is 12.4. The van der Waals surface area contributed by atoms with Crippen LogP contribution in [0, 0.1) is 12.8 Å². The molecule has 0 amide bonds. The van der Waals surface area contributed by atoms with Gasteiger partial charge in [-0.25, -0.2) is 4.79 Å². The van der Waals surface area contributed by atoms with Crippen LogP contribution < -0.4 is 4.74 Å². The minimum atomic E-state index is -0.967. The monoisotopic (exact) mass is 352 g/mol. The van der Waals surface area contributed by atoms with Gasteiger partial charge in [0.1, 0.15) is 13.6 Å². The van der Waals surface area contributed by atoms with Gasteiger partial charge in [0.25, 0.3) is 0 Å². The number of carbonyl (C=O) groups excluding carboxylic acids is 1. The van der Waals surface area contributed by atoms with Crippen LogP contribution in [0.25, 0.3) is 16.8 Å². The van der Waals surface area contributed by atoms with Crippen LogP contribution in [0.4, 0.5) is 0 Å². The first-order valence-electron chi connectivity index (χ1n) is 8.49. The van der Waals surface area contributed by atoms with E-state index >= 15 is 0 Å². The molecule has 1 heterocycles. The van der Waals surface area contributed by atoms with Gasteiger partial charge in [-0.05, 0) is 24.8 Å². The molecule has 0 saturated heterocycles. The van der Waals surface area contributed by atoms with Crippen LogP contribution in [-0.4, -0.2) is 49.3 Å². The Hall–Kier alpha value is -2.31. The summed E-state index contributed by atoms with van der Waals surface area (Å²) in [6, 6.07) is 7.65. The van der Waals surface area contributed by atoms with Gasteiger partial charge in [0.05, 0.1) is 30.9 Å². The molecule has 0 aromatic heterocycles. The highest BCUT2D eigenvalue weighted by molar-refractivity contribution is 6.17. The summed E-state index contributed by atoms with van der Waals surface area (Å²) < 4.78 is 11.3. The van der Waals surface area contributed by atoms with E-state index in [1.54, 1.807) is 19.1 Å². The molecule has 2 aromatic rings. The number of ether oxygens (including phenoxy) is 2. The van der Waals surface area contributed by atoms with Crippen LogP contribution in [0.1, 0.15) is 28.4 Å². The molecule has 2 aromatic carbocycles. The van der Waals surface area contributed by atoms with Gasteiger partial charge in [0.15, 0.2) is 0 Å². The molecule has 2 radical (unpaired) electrons. The molecule has 6 heteroatoms. The molecule has 5 nitrogen and oxygen atoms in total. The summed E-state index contributed by atoms with van der Waals surface area (Å²) >= 11 is 0. The van der Waals surface area contributed by atoms with E-state index < -0.39 is 17.4 Å². The summed E-state index contributed by atoms with van der Waals surface area (Å²) in [7, 11) is 6.10. The van der Waals surface area contributed by atoms with Crippen LogP contribution in [0.3, 0.4) is 0 Å². The third kappa shape index (κ3) is 3.35. The van der Waals surface area contributed by atoms with Crippen molar-refractivity contribution in [3.63, 3.8) is 0 Å². The molecule has 3 rings (SSSR count). The van der Waals surface area contributed by atoms with Crippen molar-refractivity contribution in [2.45, 2.75) is 19.3 Å². The number of carbonyl (C=O) groups is 1. The van der Waals surface area contributed by atoms with E-state index in [1.807, 2.05) is 31.2 Å². The van der Waals surface area contributed by atoms with Crippen molar-refractivity contribution in [2.75, 3.05) is 19.8 Å². The van der Waals surface area contributed by atoms with Crippen molar-refractivity contribution in [2.24, 2.45) is 5.92 Å². The molecule has 1 atom stereocenters. The number of esters is 1. The van der Waals surface area contributed by atoms with E-state index in [0.717, 1.165) is 16.3 Å². The quantitative estimate of drug-likeness (QED) is 0.637. The number of aliphatic hydroxyl groups excluding tert-OH is 2. The summed E-state index contributed by atoms with van der Waals surface area (Å²) in [5, 5.41) is 20.1. The molecule has 26 heavy (non-hydrogen) atoms. The second-order valence-corrected chi connectivity index (χ2v) is 6.74. The fraction of sp³-hybridized carbons (Fsp3) is 0.350. The molecule has 1 unspecified atom stereocenters. The minimum Gasteiger partial charge on any atom is -0.492 e. The third-order valence-electron chi connectivity index (χ3n) is 4.54. The fourth-order valence-electron chi connectivity index (χ4n) is 3.07. The Kier molecular flexibility index (Phi) is 5.07. The lowest BCUT2D eigenvalue weighted by atomic mass is 9.80. The Labute approximate surface area is 153 Å². The van der Waals surface area contributed by atoms with Crippen molar-refractivity contribution in [3.05, 3.63) is 47.0 Å². The van der Waals surface area contributed by atoms with Crippen LogP contribution >= 0.6 is 0 Å².